The zero-order chi connectivity index (χ0) is 12.4. The van der Waals surface area contributed by atoms with E-state index >= 15 is 0 Å². The van der Waals surface area contributed by atoms with Gasteiger partial charge in [0.1, 0.15) is 8.96 Å². The molecule has 0 spiro atoms. The molecule has 88 valence electrons. The van der Waals surface area contributed by atoms with Crippen molar-refractivity contribution in [3.05, 3.63) is 44.9 Å². The first kappa shape index (κ1) is 12.5. The molecule has 0 saturated carbocycles. The number of hydrogen-bond donors (Lipinski definition) is 1. The Morgan fingerprint density at radius 2 is 1.71 bits per heavy atom. The predicted octanol–water partition coefficient (Wildman–Crippen LogP) is 1.04. The molecular formula is C11H9Br2N2O2+. The van der Waals surface area contributed by atoms with Gasteiger partial charge in [-0.25, -0.2) is 4.79 Å². The van der Waals surface area contributed by atoms with E-state index in [4.69, 9.17) is 0 Å². The fraction of sp³-hybridized carbons (Fsp3) is 0.0909. The third kappa shape index (κ3) is 2.65. The first-order valence-corrected chi connectivity index (χ1v) is 6.47. The van der Waals surface area contributed by atoms with Crippen LogP contribution in [0.3, 0.4) is 0 Å². The van der Waals surface area contributed by atoms with Crippen molar-refractivity contribution in [2.45, 2.75) is 6.54 Å². The number of rotatable bonds is 2. The number of nitrogens with two attached hydrogens (primary N) is 1. The van der Waals surface area contributed by atoms with Gasteiger partial charge in [0.05, 0.1) is 6.54 Å². The summed E-state index contributed by atoms with van der Waals surface area (Å²) in [6, 6.07) is 9.52. The number of carbonyl (C=O) groups excluding carboxylic acids is 2. The molecule has 0 bridgehead atoms. The largest absolute Gasteiger partial charge is 0.375 e. The van der Waals surface area contributed by atoms with Crippen molar-refractivity contribution in [2.24, 2.45) is 0 Å². The van der Waals surface area contributed by atoms with E-state index in [1.807, 2.05) is 30.3 Å². The van der Waals surface area contributed by atoms with Gasteiger partial charge in [-0.2, -0.15) is 10.4 Å². The summed E-state index contributed by atoms with van der Waals surface area (Å²) < 4.78 is 0.535. The molecule has 0 radical (unpaired) electrons. The molecule has 1 heterocycles. The Morgan fingerprint density at radius 3 is 2.35 bits per heavy atom. The van der Waals surface area contributed by atoms with Crippen LogP contribution in [-0.4, -0.2) is 16.8 Å². The number of benzene rings is 1. The van der Waals surface area contributed by atoms with Crippen molar-refractivity contribution >= 4 is 43.7 Å². The van der Waals surface area contributed by atoms with Crippen LogP contribution in [0.4, 0.5) is 0 Å². The molecule has 0 aromatic heterocycles. The summed E-state index contributed by atoms with van der Waals surface area (Å²) in [5.41, 5.74) is 2.28. The molecule has 0 unspecified atom stereocenters. The monoisotopic (exact) mass is 359 g/mol. The van der Waals surface area contributed by atoms with Crippen LogP contribution in [0.15, 0.2) is 39.3 Å². The van der Waals surface area contributed by atoms with Crippen LogP contribution in [-0.2, 0) is 16.1 Å². The number of halogens is 2. The van der Waals surface area contributed by atoms with Gasteiger partial charge in [-0.05, 0) is 37.4 Å². The molecule has 17 heavy (non-hydrogen) atoms. The summed E-state index contributed by atoms with van der Waals surface area (Å²) in [4.78, 5) is 23.5. The number of carbonyl (C=O) groups is 2. The number of nitrogens with zero attached hydrogens (tertiary/aromatic N) is 1. The summed E-state index contributed by atoms with van der Waals surface area (Å²) in [6.45, 7) is 0.390. The first-order chi connectivity index (χ1) is 8.09. The molecule has 1 aromatic rings. The van der Waals surface area contributed by atoms with E-state index in [0.29, 0.717) is 6.54 Å². The van der Waals surface area contributed by atoms with Crippen LogP contribution in [0.5, 0.6) is 0 Å². The fourth-order valence-corrected chi connectivity index (χ4v) is 2.18. The molecular weight excluding hydrogens is 352 g/mol. The van der Waals surface area contributed by atoms with Gasteiger partial charge in [-0.1, -0.05) is 30.3 Å². The highest BCUT2D eigenvalue weighted by Crippen LogP contribution is 2.21. The zero-order valence-corrected chi connectivity index (χ0v) is 11.9. The van der Waals surface area contributed by atoms with Crippen molar-refractivity contribution in [3.63, 3.8) is 0 Å². The Hall–Kier alpha value is -0.980. The van der Waals surface area contributed by atoms with Gasteiger partial charge in [0.15, 0.2) is 0 Å². The van der Waals surface area contributed by atoms with E-state index in [9.17, 15) is 9.59 Å². The molecule has 1 aromatic carbocycles. The van der Waals surface area contributed by atoms with Crippen molar-refractivity contribution < 1.29 is 15.0 Å². The lowest BCUT2D eigenvalue weighted by atomic mass is 10.2. The minimum Gasteiger partial charge on any atom is -0.263 e. The van der Waals surface area contributed by atoms with Gasteiger partial charge < -0.3 is 0 Å². The van der Waals surface area contributed by atoms with Crippen LogP contribution in [0.2, 0.25) is 0 Å². The molecule has 1 aliphatic heterocycles. The minimum absolute atomic E-state index is 0.215. The summed E-state index contributed by atoms with van der Waals surface area (Å²) in [6.07, 6.45) is 0. The Balaban J connectivity index is 2.20. The highest BCUT2D eigenvalue weighted by molar-refractivity contribution is 9.14. The quantitative estimate of drug-likeness (QED) is 0.632. The van der Waals surface area contributed by atoms with Crippen LogP contribution >= 0.6 is 31.9 Å². The number of primary amides is 1. The van der Waals surface area contributed by atoms with E-state index in [2.05, 4.69) is 31.9 Å². The number of amides is 2. The van der Waals surface area contributed by atoms with Gasteiger partial charge in [0.2, 0.25) is 0 Å². The second kappa shape index (κ2) is 5.12. The standard InChI is InChI=1S/C11H8Br2N2O2/c12-8-9(13)11(17)15(14-10(8)16)6-7-4-2-1-3-5-7/h1-5H,6H2,(H,14,16)/p+1. The Morgan fingerprint density at radius 1 is 1.06 bits per heavy atom. The lowest BCUT2D eigenvalue weighted by molar-refractivity contribution is -0.711. The van der Waals surface area contributed by atoms with Gasteiger partial charge in [0, 0.05) is 0 Å². The van der Waals surface area contributed by atoms with Crippen molar-refractivity contribution in [1.29, 1.82) is 0 Å². The average molecular weight is 361 g/mol. The lowest BCUT2D eigenvalue weighted by Gasteiger charge is -2.22. The molecule has 4 nitrogen and oxygen atoms in total. The van der Waals surface area contributed by atoms with Gasteiger partial charge in [0.25, 0.3) is 0 Å². The molecule has 2 amide bonds. The number of hydrogen-bond acceptors (Lipinski definition) is 2. The Labute approximate surface area is 115 Å². The zero-order valence-electron chi connectivity index (χ0n) is 8.69. The van der Waals surface area contributed by atoms with E-state index in [1.54, 1.807) is 0 Å². The first-order valence-electron chi connectivity index (χ1n) is 4.89. The molecule has 0 saturated heterocycles. The second-order valence-corrected chi connectivity index (χ2v) is 5.13. The molecule has 1 aliphatic rings. The predicted molar refractivity (Wildman–Crippen MR) is 68.8 cm³/mol. The average Bonchev–Trinajstić information content (AvgIpc) is 2.35. The summed E-state index contributed by atoms with van der Waals surface area (Å²) in [5, 5.41) is 1.40. The van der Waals surface area contributed by atoms with Crippen LogP contribution in [0, 0.1) is 0 Å². The Bertz CT molecular complexity index is 499. The smallest absolute Gasteiger partial charge is 0.263 e. The van der Waals surface area contributed by atoms with E-state index < -0.39 is 0 Å². The fourth-order valence-electron chi connectivity index (χ4n) is 1.48. The molecule has 0 aliphatic carbocycles. The summed E-state index contributed by atoms with van der Waals surface area (Å²) >= 11 is 6.19. The van der Waals surface area contributed by atoms with Crippen LogP contribution in [0.1, 0.15) is 5.56 Å². The van der Waals surface area contributed by atoms with Gasteiger partial charge in [-0.3, -0.25) is 4.79 Å². The third-order valence-electron chi connectivity index (χ3n) is 2.33. The van der Waals surface area contributed by atoms with E-state index in [-0.39, 0.29) is 20.8 Å². The molecule has 2 N–H and O–H groups in total. The molecule has 2 rings (SSSR count). The summed E-state index contributed by atoms with van der Waals surface area (Å²) in [7, 11) is 0. The van der Waals surface area contributed by atoms with Gasteiger partial charge in [-0.15, -0.1) is 0 Å². The van der Waals surface area contributed by atoms with Crippen molar-refractivity contribution in [3.8, 4) is 0 Å². The van der Waals surface area contributed by atoms with Crippen molar-refractivity contribution in [1.82, 2.24) is 5.01 Å². The topological polar surface area (TPSA) is 54.0 Å². The molecule has 6 heteroatoms. The van der Waals surface area contributed by atoms with E-state index in [1.165, 1.54) is 10.4 Å². The second-order valence-electron chi connectivity index (χ2n) is 3.54. The lowest BCUT2D eigenvalue weighted by Crippen LogP contribution is -2.99. The highest BCUT2D eigenvalue weighted by Gasteiger charge is 2.34. The maximum absolute atomic E-state index is 11.9. The summed E-state index contributed by atoms with van der Waals surface area (Å²) in [5.74, 6) is -0.437. The Kier molecular flexibility index (Phi) is 3.76. The molecule has 0 atom stereocenters. The molecule has 0 fully saturated rings. The minimum atomic E-state index is -0.222. The maximum Gasteiger partial charge on any atom is 0.375 e. The SMILES string of the molecule is O=C1[NH2+]N(Cc2ccccc2)C(=O)C(Br)=C1Br. The van der Waals surface area contributed by atoms with E-state index in [0.717, 1.165) is 5.56 Å². The van der Waals surface area contributed by atoms with Crippen LogP contribution in [0.25, 0.3) is 0 Å². The highest BCUT2D eigenvalue weighted by atomic mass is 79.9. The normalized spacial score (nSPS) is 16.7. The number of quaternary nitrogens is 1. The van der Waals surface area contributed by atoms with Crippen molar-refractivity contribution in [2.75, 3.05) is 0 Å². The van der Waals surface area contributed by atoms with Crippen LogP contribution < -0.4 is 5.43 Å². The maximum atomic E-state index is 11.9. The third-order valence-corrected chi connectivity index (χ3v) is 4.38. The van der Waals surface area contributed by atoms with Gasteiger partial charge >= 0.3 is 11.8 Å².